The van der Waals surface area contributed by atoms with Gasteiger partial charge in [0.15, 0.2) is 5.16 Å². The van der Waals surface area contributed by atoms with Gasteiger partial charge in [-0.3, -0.25) is 20.4 Å². The van der Waals surface area contributed by atoms with Crippen LogP contribution in [0.15, 0.2) is 84.0 Å². The second-order valence-corrected chi connectivity index (χ2v) is 8.39. The number of benzene rings is 3. The van der Waals surface area contributed by atoms with Crippen molar-refractivity contribution >= 4 is 34.6 Å². The van der Waals surface area contributed by atoms with Crippen LogP contribution in [-0.4, -0.2) is 27.9 Å². The van der Waals surface area contributed by atoms with Crippen molar-refractivity contribution < 1.29 is 14.3 Å². The highest BCUT2D eigenvalue weighted by atomic mass is 32.2. The molecule has 33 heavy (non-hydrogen) atoms. The van der Waals surface area contributed by atoms with Gasteiger partial charge in [0.25, 0.3) is 11.8 Å². The number of hydrogen-bond donors (Lipinski definition) is 3. The van der Waals surface area contributed by atoms with Crippen molar-refractivity contribution in [1.29, 1.82) is 0 Å². The van der Waals surface area contributed by atoms with Crippen LogP contribution >= 0.6 is 11.8 Å². The minimum atomic E-state index is -0.705. The van der Waals surface area contributed by atoms with Crippen molar-refractivity contribution in [2.24, 2.45) is 0 Å². The number of hydrogen-bond acceptors (Lipinski definition) is 5. The number of carbonyl (C=O) groups excluding carboxylic acids is 2. The van der Waals surface area contributed by atoms with Gasteiger partial charge in [0, 0.05) is 11.3 Å². The number of aromatic nitrogens is 2. The van der Waals surface area contributed by atoms with Crippen LogP contribution < -0.4 is 10.9 Å². The number of aromatic amines is 1. The van der Waals surface area contributed by atoms with E-state index in [4.69, 9.17) is 4.74 Å². The fourth-order valence-electron chi connectivity index (χ4n) is 3.07. The van der Waals surface area contributed by atoms with E-state index < -0.39 is 17.9 Å². The summed E-state index contributed by atoms with van der Waals surface area (Å²) in [6.45, 7) is 1.95. The van der Waals surface area contributed by atoms with Gasteiger partial charge in [-0.15, -0.1) is 0 Å². The third-order valence-corrected chi connectivity index (χ3v) is 5.92. The Labute approximate surface area is 195 Å². The number of thioether (sulfide) groups is 1. The summed E-state index contributed by atoms with van der Waals surface area (Å²) in [7, 11) is 0. The maximum absolute atomic E-state index is 12.4. The van der Waals surface area contributed by atoms with Crippen molar-refractivity contribution in [2.45, 2.75) is 30.5 Å². The first-order chi connectivity index (χ1) is 16.1. The van der Waals surface area contributed by atoms with Crippen LogP contribution in [-0.2, 0) is 21.9 Å². The van der Waals surface area contributed by atoms with Gasteiger partial charge in [0.2, 0.25) is 0 Å². The number of nitrogens with one attached hydrogen (secondary N) is 3. The lowest BCUT2D eigenvalue weighted by molar-refractivity contribution is -0.133. The summed E-state index contributed by atoms with van der Waals surface area (Å²) < 4.78 is 5.55. The molecule has 7 nitrogen and oxygen atoms in total. The van der Waals surface area contributed by atoms with Crippen LogP contribution in [0.4, 0.5) is 0 Å². The Balaban J connectivity index is 1.22. The first-order valence-electron chi connectivity index (χ1n) is 10.5. The van der Waals surface area contributed by atoms with Gasteiger partial charge in [-0.05, 0) is 42.3 Å². The van der Waals surface area contributed by atoms with Gasteiger partial charge < -0.3 is 9.72 Å². The molecule has 0 aliphatic carbocycles. The van der Waals surface area contributed by atoms with Crippen molar-refractivity contribution in [2.75, 3.05) is 0 Å². The molecule has 0 saturated carbocycles. The van der Waals surface area contributed by atoms with Crippen LogP contribution in [0.1, 0.15) is 28.4 Å². The van der Waals surface area contributed by atoms with Crippen LogP contribution in [0, 0.1) is 0 Å². The van der Waals surface area contributed by atoms with Crippen molar-refractivity contribution in [3.05, 3.63) is 95.6 Å². The summed E-state index contributed by atoms with van der Waals surface area (Å²) in [6.07, 6.45) is -0.705. The maximum atomic E-state index is 12.4. The number of rotatable bonds is 8. The van der Waals surface area contributed by atoms with Gasteiger partial charge in [-0.1, -0.05) is 66.4 Å². The normalized spacial score (nSPS) is 11.8. The van der Waals surface area contributed by atoms with Crippen LogP contribution in [0.3, 0.4) is 0 Å². The Bertz CT molecular complexity index is 1190. The Morgan fingerprint density at radius 1 is 0.939 bits per heavy atom. The first kappa shape index (κ1) is 22.6. The Morgan fingerprint density at radius 3 is 2.42 bits per heavy atom. The number of ether oxygens (including phenoxy) is 1. The summed E-state index contributed by atoms with van der Waals surface area (Å²) >= 11 is 1.60. The quantitative estimate of drug-likeness (QED) is 0.270. The first-order valence-corrected chi connectivity index (χ1v) is 11.5. The summed E-state index contributed by atoms with van der Waals surface area (Å²) in [4.78, 5) is 32.4. The molecule has 1 aromatic heterocycles. The zero-order chi connectivity index (χ0) is 23.0. The second-order valence-electron chi connectivity index (χ2n) is 7.43. The van der Waals surface area contributed by atoms with E-state index in [1.54, 1.807) is 30.8 Å². The fraction of sp³-hybridized carbons (Fsp3) is 0.160. The van der Waals surface area contributed by atoms with Crippen LogP contribution in [0.25, 0.3) is 11.0 Å². The molecule has 1 atom stereocenters. The third kappa shape index (κ3) is 6.21. The van der Waals surface area contributed by atoms with Gasteiger partial charge in [-0.2, -0.15) is 0 Å². The molecule has 0 aliphatic rings. The largest absolute Gasteiger partial charge is 0.364 e. The van der Waals surface area contributed by atoms with Gasteiger partial charge in [0.05, 0.1) is 17.6 Å². The zero-order valence-electron chi connectivity index (χ0n) is 18.1. The lowest BCUT2D eigenvalue weighted by atomic mass is 10.1. The predicted octanol–water partition coefficient (Wildman–Crippen LogP) is 4.22. The molecule has 8 heteroatoms. The summed E-state index contributed by atoms with van der Waals surface area (Å²) in [5.74, 6) is -0.0948. The number of para-hydroxylation sites is 2. The Morgan fingerprint density at radius 2 is 1.67 bits per heavy atom. The summed E-state index contributed by atoms with van der Waals surface area (Å²) in [5, 5.41) is 0.851. The Hall–Kier alpha value is -3.62. The zero-order valence-corrected chi connectivity index (χ0v) is 18.9. The predicted molar refractivity (Wildman–Crippen MR) is 128 cm³/mol. The topological polar surface area (TPSA) is 96.1 Å². The molecular formula is C25H24N4O3S. The van der Waals surface area contributed by atoms with Gasteiger partial charge in [-0.25, -0.2) is 4.98 Å². The molecule has 3 aromatic carbocycles. The minimum Gasteiger partial charge on any atom is -0.364 e. The van der Waals surface area contributed by atoms with Gasteiger partial charge >= 0.3 is 0 Å². The molecule has 0 bridgehead atoms. The highest BCUT2D eigenvalue weighted by molar-refractivity contribution is 7.98. The SMILES string of the molecule is CC(OCc1ccccc1)C(=O)NNC(=O)c1ccc(CSc2nc3ccccc3[nH]2)cc1. The molecule has 4 rings (SSSR count). The maximum Gasteiger partial charge on any atom is 0.269 e. The molecule has 4 aromatic rings. The molecule has 0 aliphatic heterocycles. The van der Waals surface area contributed by atoms with Crippen molar-refractivity contribution in [1.82, 2.24) is 20.8 Å². The molecule has 0 spiro atoms. The monoisotopic (exact) mass is 460 g/mol. The molecule has 0 saturated heterocycles. The highest BCUT2D eigenvalue weighted by Crippen LogP contribution is 2.23. The molecular weight excluding hydrogens is 436 g/mol. The summed E-state index contributed by atoms with van der Waals surface area (Å²) in [6, 6.07) is 24.7. The van der Waals surface area contributed by atoms with Crippen LogP contribution in [0.5, 0.6) is 0 Å². The highest BCUT2D eigenvalue weighted by Gasteiger charge is 2.15. The van der Waals surface area contributed by atoms with E-state index in [9.17, 15) is 9.59 Å². The number of carbonyl (C=O) groups is 2. The molecule has 0 radical (unpaired) electrons. The van der Waals surface area contributed by atoms with E-state index in [1.165, 1.54) is 0 Å². The average molecular weight is 461 g/mol. The Kier molecular flexibility index (Phi) is 7.39. The molecule has 2 amide bonds. The van der Waals surface area contributed by atoms with E-state index in [0.29, 0.717) is 17.9 Å². The van der Waals surface area contributed by atoms with E-state index in [-0.39, 0.29) is 0 Å². The number of H-pyrrole nitrogens is 1. The molecule has 1 heterocycles. The lowest BCUT2D eigenvalue weighted by Crippen LogP contribution is -2.46. The average Bonchev–Trinajstić information content (AvgIpc) is 3.28. The van der Waals surface area contributed by atoms with E-state index >= 15 is 0 Å². The van der Waals surface area contributed by atoms with Crippen molar-refractivity contribution in [3.8, 4) is 0 Å². The minimum absolute atomic E-state index is 0.316. The van der Waals surface area contributed by atoms with Crippen molar-refractivity contribution in [3.63, 3.8) is 0 Å². The van der Waals surface area contributed by atoms with E-state index in [0.717, 1.165) is 27.3 Å². The van der Waals surface area contributed by atoms with Crippen LogP contribution in [0.2, 0.25) is 0 Å². The van der Waals surface area contributed by atoms with Gasteiger partial charge in [0.1, 0.15) is 6.10 Å². The number of hydrazine groups is 1. The fourth-order valence-corrected chi connectivity index (χ4v) is 3.91. The smallest absolute Gasteiger partial charge is 0.269 e. The molecule has 3 N–H and O–H groups in total. The lowest BCUT2D eigenvalue weighted by Gasteiger charge is -2.14. The standard InChI is InChI=1S/C25H24N4O3S/c1-17(32-15-18-7-3-2-4-8-18)23(30)28-29-24(31)20-13-11-19(12-14-20)16-33-25-26-21-9-5-6-10-22(21)27-25/h2-14,17H,15-16H2,1H3,(H,26,27)(H,28,30)(H,29,31). The van der Waals surface area contributed by atoms with E-state index in [1.807, 2.05) is 66.7 Å². The molecule has 1 unspecified atom stereocenters. The van der Waals surface area contributed by atoms with E-state index in [2.05, 4.69) is 20.8 Å². The number of nitrogens with zero attached hydrogens (tertiary/aromatic N) is 1. The second kappa shape index (κ2) is 10.8. The number of imidazole rings is 1. The molecule has 168 valence electrons. The molecule has 0 fully saturated rings. The summed E-state index contributed by atoms with van der Waals surface area (Å²) in [5.41, 5.74) is 9.27. The number of amides is 2. The third-order valence-electron chi connectivity index (χ3n) is 4.97. The number of fused-ring (bicyclic) bond motifs is 1.